The van der Waals surface area contributed by atoms with Crippen LogP contribution >= 0.6 is 15.9 Å². The highest BCUT2D eigenvalue weighted by Gasteiger charge is 2.33. The van der Waals surface area contributed by atoms with Gasteiger partial charge in [-0.3, -0.25) is 4.98 Å². The molecule has 100 valence electrons. The number of nitrogens with one attached hydrogen (secondary N) is 1. The van der Waals surface area contributed by atoms with E-state index < -0.39 is 11.7 Å². The van der Waals surface area contributed by atoms with E-state index in [9.17, 15) is 13.2 Å². The number of nitrogens with zero attached hydrogens (tertiary/aromatic N) is 1. The third-order valence-corrected chi connectivity index (χ3v) is 3.01. The molecule has 0 saturated carbocycles. The lowest BCUT2D eigenvalue weighted by Crippen LogP contribution is -2.06. The number of rotatable bonds is 2. The molecule has 3 N–H and O–H groups in total. The van der Waals surface area contributed by atoms with Crippen molar-refractivity contribution < 1.29 is 13.2 Å². The van der Waals surface area contributed by atoms with Crippen LogP contribution in [0.2, 0.25) is 0 Å². The van der Waals surface area contributed by atoms with Gasteiger partial charge in [0.2, 0.25) is 0 Å². The average Bonchev–Trinajstić information content (AvgIpc) is 2.30. The second-order valence-electron chi connectivity index (χ2n) is 3.82. The van der Waals surface area contributed by atoms with Crippen LogP contribution < -0.4 is 11.1 Å². The van der Waals surface area contributed by atoms with E-state index in [1.165, 1.54) is 24.5 Å². The Bertz CT molecular complexity index is 599. The van der Waals surface area contributed by atoms with Gasteiger partial charge in [-0.1, -0.05) is 15.9 Å². The zero-order valence-electron chi connectivity index (χ0n) is 9.50. The number of nitrogens with two attached hydrogens (primary N) is 1. The SMILES string of the molecule is Nc1cncc(Nc2ccc(Br)c(C(F)(F)F)c2)c1. The van der Waals surface area contributed by atoms with Crippen molar-refractivity contribution in [3.8, 4) is 0 Å². The highest BCUT2D eigenvalue weighted by atomic mass is 79.9. The second kappa shape index (κ2) is 5.08. The first-order valence-corrected chi connectivity index (χ1v) is 6.00. The standard InChI is InChI=1S/C12H9BrF3N3/c13-11-2-1-8(4-10(11)12(14,15)16)19-9-3-7(17)5-18-6-9/h1-6,19H,17H2. The van der Waals surface area contributed by atoms with Gasteiger partial charge in [0.25, 0.3) is 0 Å². The van der Waals surface area contributed by atoms with Crippen molar-refractivity contribution in [3.63, 3.8) is 0 Å². The van der Waals surface area contributed by atoms with Crippen molar-refractivity contribution in [1.82, 2.24) is 4.98 Å². The summed E-state index contributed by atoms with van der Waals surface area (Å²) in [6.07, 6.45) is -1.48. The molecule has 0 bridgehead atoms. The Morgan fingerprint density at radius 2 is 1.84 bits per heavy atom. The zero-order valence-corrected chi connectivity index (χ0v) is 11.1. The quantitative estimate of drug-likeness (QED) is 0.867. The van der Waals surface area contributed by atoms with Crippen LogP contribution in [0.1, 0.15) is 5.56 Å². The summed E-state index contributed by atoms with van der Waals surface area (Å²) in [5.41, 5.74) is 6.06. The first-order chi connectivity index (χ1) is 8.86. The number of hydrogen-bond donors (Lipinski definition) is 2. The number of nitrogen functional groups attached to an aromatic ring is 1. The fraction of sp³-hybridized carbons (Fsp3) is 0.0833. The lowest BCUT2D eigenvalue weighted by Gasteiger charge is -2.12. The van der Waals surface area contributed by atoms with E-state index in [4.69, 9.17) is 5.73 Å². The van der Waals surface area contributed by atoms with Gasteiger partial charge in [-0.05, 0) is 24.3 Å². The first-order valence-electron chi connectivity index (χ1n) is 5.20. The molecular formula is C12H9BrF3N3. The van der Waals surface area contributed by atoms with E-state index in [0.29, 0.717) is 17.1 Å². The summed E-state index contributed by atoms with van der Waals surface area (Å²) >= 11 is 2.88. The highest BCUT2D eigenvalue weighted by molar-refractivity contribution is 9.10. The van der Waals surface area contributed by atoms with E-state index >= 15 is 0 Å². The maximum absolute atomic E-state index is 12.7. The molecular weight excluding hydrogens is 323 g/mol. The average molecular weight is 332 g/mol. The van der Waals surface area contributed by atoms with Gasteiger partial charge in [-0.2, -0.15) is 13.2 Å². The maximum atomic E-state index is 12.7. The number of aromatic nitrogens is 1. The van der Waals surface area contributed by atoms with E-state index in [-0.39, 0.29) is 4.47 Å². The number of anilines is 3. The highest BCUT2D eigenvalue weighted by Crippen LogP contribution is 2.36. The van der Waals surface area contributed by atoms with E-state index in [1.807, 2.05) is 0 Å². The van der Waals surface area contributed by atoms with Crippen molar-refractivity contribution in [2.24, 2.45) is 0 Å². The van der Waals surface area contributed by atoms with Crippen LogP contribution in [0.25, 0.3) is 0 Å². The van der Waals surface area contributed by atoms with Gasteiger partial charge in [0, 0.05) is 16.4 Å². The summed E-state index contributed by atoms with van der Waals surface area (Å²) in [7, 11) is 0. The number of halogens is 4. The summed E-state index contributed by atoms with van der Waals surface area (Å²) in [4.78, 5) is 3.85. The van der Waals surface area contributed by atoms with Crippen molar-refractivity contribution in [1.29, 1.82) is 0 Å². The number of alkyl halides is 3. The second-order valence-corrected chi connectivity index (χ2v) is 4.68. The molecule has 1 aromatic carbocycles. The third-order valence-electron chi connectivity index (χ3n) is 2.32. The summed E-state index contributed by atoms with van der Waals surface area (Å²) in [5, 5.41) is 2.82. The molecule has 19 heavy (non-hydrogen) atoms. The lowest BCUT2D eigenvalue weighted by atomic mass is 10.2. The molecule has 0 aliphatic heterocycles. The van der Waals surface area contributed by atoms with Crippen LogP contribution in [0.3, 0.4) is 0 Å². The Morgan fingerprint density at radius 3 is 2.47 bits per heavy atom. The smallest absolute Gasteiger partial charge is 0.397 e. The summed E-state index contributed by atoms with van der Waals surface area (Å²) in [5.74, 6) is 0. The molecule has 0 unspecified atom stereocenters. The van der Waals surface area contributed by atoms with Crippen LogP contribution in [0, 0.1) is 0 Å². The molecule has 1 aromatic heterocycles. The maximum Gasteiger partial charge on any atom is 0.417 e. The molecule has 3 nitrogen and oxygen atoms in total. The Morgan fingerprint density at radius 1 is 1.11 bits per heavy atom. The predicted octanol–water partition coefficient (Wildman–Crippen LogP) is 4.19. The van der Waals surface area contributed by atoms with E-state index in [1.54, 1.807) is 6.07 Å². The minimum Gasteiger partial charge on any atom is -0.397 e. The van der Waals surface area contributed by atoms with Crippen molar-refractivity contribution in [2.45, 2.75) is 6.18 Å². The molecule has 0 saturated heterocycles. The Hall–Kier alpha value is -1.76. The fourth-order valence-corrected chi connectivity index (χ4v) is 1.98. The van der Waals surface area contributed by atoms with Crippen molar-refractivity contribution in [2.75, 3.05) is 11.1 Å². The molecule has 1 heterocycles. The minimum absolute atomic E-state index is 0.00347. The Labute approximate surface area is 115 Å². The van der Waals surface area contributed by atoms with Gasteiger partial charge in [0.05, 0.1) is 23.1 Å². The topological polar surface area (TPSA) is 50.9 Å². The fourth-order valence-electron chi connectivity index (χ4n) is 1.51. The normalized spacial score (nSPS) is 11.4. The van der Waals surface area contributed by atoms with Gasteiger partial charge in [0.15, 0.2) is 0 Å². The van der Waals surface area contributed by atoms with Gasteiger partial charge in [0.1, 0.15) is 0 Å². The molecule has 0 fully saturated rings. The van der Waals surface area contributed by atoms with E-state index in [2.05, 4.69) is 26.2 Å². The van der Waals surface area contributed by atoms with Gasteiger partial charge in [-0.25, -0.2) is 0 Å². The number of benzene rings is 1. The van der Waals surface area contributed by atoms with Crippen molar-refractivity contribution in [3.05, 3.63) is 46.7 Å². The molecule has 0 amide bonds. The van der Waals surface area contributed by atoms with Crippen LogP contribution in [0.15, 0.2) is 41.1 Å². The number of hydrogen-bond acceptors (Lipinski definition) is 3. The van der Waals surface area contributed by atoms with E-state index in [0.717, 1.165) is 6.07 Å². The van der Waals surface area contributed by atoms with Gasteiger partial charge < -0.3 is 11.1 Å². The van der Waals surface area contributed by atoms with Crippen molar-refractivity contribution >= 4 is 33.0 Å². The van der Waals surface area contributed by atoms with Gasteiger partial charge >= 0.3 is 6.18 Å². The summed E-state index contributed by atoms with van der Waals surface area (Å²) in [6, 6.07) is 5.48. The Balaban J connectivity index is 2.32. The minimum atomic E-state index is -4.41. The first kappa shape index (κ1) is 13.7. The lowest BCUT2D eigenvalue weighted by molar-refractivity contribution is -0.138. The monoisotopic (exact) mass is 331 g/mol. The molecule has 7 heteroatoms. The van der Waals surface area contributed by atoms with Crippen LogP contribution in [-0.4, -0.2) is 4.98 Å². The predicted molar refractivity (Wildman–Crippen MR) is 71.1 cm³/mol. The van der Waals surface area contributed by atoms with Crippen LogP contribution in [-0.2, 0) is 6.18 Å². The molecule has 0 spiro atoms. The molecule has 0 atom stereocenters. The number of pyridine rings is 1. The Kier molecular flexibility index (Phi) is 3.66. The molecule has 0 aliphatic carbocycles. The third kappa shape index (κ3) is 3.37. The summed E-state index contributed by atoms with van der Waals surface area (Å²) in [6.45, 7) is 0. The molecule has 2 rings (SSSR count). The van der Waals surface area contributed by atoms with Crippen LogP contribution in [0.5, 0.6) is 0 Å². The zero-order chi connectivity index (χ0) is 14.0. The van der Waals surface area contributed by atoms with Crippen LogP contribution in [0.4, 0.5) is 30.2 Å². The molecule has 0 radical (unpaired) electrons. The molecule has 2 aromatic rings. The largest absolute Gasteiger partial charge is 0.417 e. The summed E-state index contributed by atoms with van der Waals surface area (Å²) < 4.78 is 38.2. The molecule has 0 aliphatic rings. The van der Waals surface area contributed by atoms with Gasteiger partial charge in [-0.15, -0.1) is 0 Å².